The first-order valence-corrected chi connectivity index (χ1v) is 11.3. The summed E-state index contributed by atoms with van der Waals surface area (Å²) in [6.07, 6.45) is 2.88. The maximum Gasteiger partial charge on any atom is 0.157 e. The van der Waals surface area contributed by atoms with Gasteiger partial charge in [0, 0.05) is 30.5 Å². The molecule has 2 aromatic carbocycles. The second kappa shape index (κ2) is 8.80. The van der Waals surface area contributed by atoms with Crippen molar-refractivity contribution in [3.05, 3.63) is 88.5 Å². The highest BCUT2D eigenvalue weighted by Gasteiger charge is 2.24. The molecule has 0 bridgehead atoms. The number of nitrogens with zero attached hydrogens (tertiary/aromatic N) is 3. The normalized spacial score (nSPS) is 14.9. The van der Waals surface area contributed by atoms with Crippen LogP contribution in [0.3, 0.4) is 0 Å². The van der Waals surface area contributed by atoms with Crippen molar-refractivity contribution in [3.63, 3.8) is 0 Å². The molecule has 31 heavy (non-hydrogen) atoms. The van der Waals surface area contributed by atoms with Crippen LogP contribution in [-0.2, 0) is 23.1 Å². The lowest BCUT2D eigenvalue weighted by atomic mass is 9.78. The average molecular weight is 416 g/mol. The molecule has 0 spiro atoms. The zero-order chi connectivity index (χ0) is 22.0. The fraction of sp³-hybridized carbons (Fsp3) is 0.407. The minimum atomic E-state index is -0.0750. The topological polar surface area (TPSA) is 38.3 Å². The van der Waals surface area contributed by atoms with E-state index in [1.807, 2.05) is 20.0 Å². The van der Waals surface area contributed by atoms with Crippen LogP contribution in [0.15, 0.2) is 54.7 Å². The summed E-state index contributed by atoms with van der Waals surface area (Å²) in [6.45, 7) is 13.2. The Balaban J connectivity index is 1.52. The fourth-order valence-electron chi connectivity index (χ4n) is 4.29. The standard InChI is InChI=1S/C27H33N3O/c1-6-31-20(3)26-28-17-21-15-16-30(18-25(21)29-26)24-13-11-23(12-14-24)27(4,5)22-9-7-19(2)8-10-22/h7-14,17,20H,6,15-16,18H2,1-5H3. The number of hydrogen-bond donors (Lipinski definition) is 0. The quantitative estimate of drug-likeness (QED) is 0.512. The average Bonchev–Trinajstić information content (AvgIpc) is 2.79. The number of rotatable bonds is 6. The summed E-state index contributed by atoms with van der Waals surface area (Å²) < 4.78 is 5.68. The zero-order valence-electron chi connectivity index (χ0n) is 19.4. The van der Waals surface area contributed by atoms with E-state index in [1.54, 1.807) is 0 Å². The Bertz CT molecular complexity index is 1030. The minimum Gasteiger partial charge on any atom is -0.371 e. The van der Waals surface area contributed by atoms with E-state index in [0.717, 1.165) is 31.0 Å². The Labute approximate surface area is 186 Å². The molecule has 0 amide bonds. The molecule has 4 nitrogen and oxygen atoms in total. The third-order valence-electron chi connectivity index (χ3n) is 6.47. The van der Waals surface area contributed by atoms with Gasteiger partial charge in [-0.25, -0.2) is 9.97 Å². The Morgan fingerprint density at radius 3 is 2.32 bits per heavy atom. The first-order valence-electron chi connectivity index (χ1n) is 11.3. The Morgan fingerprint density at radius 1 is 1.03 bits per heavy atom. The molecule has 4 heteroatoms. The molecule has 3 aromatic rings. The highest BCUT2D eigenvalue weighted by Crippen LogP contribution is 2.33. The van der Waals surface area contributed by atoms with Crippen molar-refractivity contribution in [2.75, 3.05) is 18.1 Å². The fourth-order valence-corrected chi connectivity index (χ4v) is 4.29. The Morgan fingerprint density at radius 2 is 1.68 bits per heavy atom. The molecule has 0 saturated heterocycles. The van der Waals surface area contributed by atoms with Crippen LogP contribution in [0.2, 0.25) is 0 Å². The van der Waals surface area contributed by atoms with Gasteiger partial charge in [-0.2, -0.15) is 0 Å². The van der Waals surface area contributed by atoms with E-state index < -0.39 is 0 Å². The van der Waals surface area contributed by atoms with Gasteiger partial charge in [0.25, 0.3) is 0 Å². The number of benzene rings is 2. The lowest BCUT2D eigenvalue weighted by molar-refractivity contribution is 0.0698. The largest absolute Gasteiger partial charge is 0.371 e. The van der Waals surface area contributed by atoms with Gasteiger partial charge in [-0.3, -0.25) is 0 Å². The molecular formula is C27H33N3O. The smallest absolute Gasteiger partial charge is 0.157 e. The maximum atomic E-state index is 5.68. The van der Waals surface area contributed by atoms with Crippen LogP contribution in [0.1, 0.15) is 67.6 Å². The Hall–Kier alpha value is -2.72. The lowest BCUT2D eigenvalue weighted by Gasteiger charge is -2.31. The van der Waals surface area contributed by atoms with Gasteiger partial charge in [-0.15, -0.1) is 0 Å². The maximum absolute atomic E-state index is 5.68. The molecule has 0 N–H and O–H groups in total. The van der Waals surface area contributed by atoms with Crippen molar-refractivity contribution in [1.29, 1.82) is 0 Å². The van der Waals surface area contributed by atoms with E-state index in [1.165, 1.54) is 27.9 Å². The molecule has 0 radical (unpaired) electrons. The number of hydrogen-bond acceptors (Lipinski definition) is 4. The van der Waals surface area contributed by atoms with Crippen LogP contribution in [-0.4, -0.2) is 23.1 Å². The first-order chi connectivity index (χ1) is 14.9. The molecule has 1 unspecified atom stereocenters. The molecular weight excluding hydrogens is 382 g/mol. The summed E-state index contributed by atoms with van der Waals surface area (Å²) in [7, 11) is 0. The van der Waals surface area contributed by atoms with E-state index in [0.29, 0.717) is 6.61 Å². The predicted molar refractivity (Wildman–Crippen MR) is 127 cm³/mol. The van der Waals surface area contributed by atoms with Gasteiger partial charge in [0.05, 0.1) is 12.2 Å². The molecule has 162 valence electrons. The van der Waals surface area contributed by atoms with Crippen LogP contribution in [0.5, 0.6) is 0 Å². The second-order valence-electron chi connectivity index (χ2n) is 9.01. The summed E-state index contributed by atoms with van der Waals surface area (Å²) >= 11 is 0. The highest BCUT2D eigenvalue weighted by atomic mass is 16.5. The van der Waals surface area contributed by atoms with E-state index >= 15 is 0 Å². The molecule has 1 aromatic heterocycles. The molecule has 0 saturated carbocycles. The minimum absolute atomic E-state index is 0.0295. The van der Waals surface area contributed by atoms with Crippen LogP contribution >= 0.6 is 0 Å². The van der Waals surface area contributed by atoms with Crippen molar-refractivity contribution < 1.29 is 4.74 Å². The number of aromatic nitrogens is 2. The summed E-state index contributed by atoms with van der Waals surface area (Å²) in [6, 6.07) is 17.9. The van der Waals surface area contributed by atoms with Crippen molar-refractivity contribution in [2.45, 2.75) is 59.1 Å². The number of anilines is 1. The molecule has 1 aliphatic heterocycles. The molecule has 2 heterocycles. The summed E-state index contributed by atoms with van der Waals surface area (Å²) in [5.74, 6) is 0.776. The van der Waals surface area contributed by atoms with Crippen molar-refractivity contribution >= 4 is 5.69 Å². The number of fused-ring (bicyclic) bond motifs is 1. The van der Waals surface area contributed by atoms with Gasteiger partial charge >= 0.3 is 0 Å². The summed E-state index contributed by atoms with van der Waals surface area (Å²) in [5.41, 5.74) is 7.54. The van der Waals surface area contributed by atoms with Crippen molar-refractivity contribution in [3.8, 4) is 0 Å². The molecule has 0 fully saturated rings. The third-order valence-corrected chi connectivity index (χ3v) is 6.47. The SMILES string of the molecule is CCOC(C)c1ncc2c(n1)CN(c1ccc(C(C)(C)c3ccc(C)cc3)cc1)CC2. The summed E-state index contributed by atoms with van der Waals surface area (Å²) in [5, 5.41) is 0. The number of ether oxygens (including phenoxy) is 1. The highest BCUT2D eigenvalue weighted by molar-refractivity contribution is 5.52. The second-order valence-corrected chi connectivity index (χ2v) is 9.01. The molecule has 0 aliphatic carbocycles. The van der Waals surface area contributed by atoms with Crippen molar-refractivity contribution in [2.24, 2.45) is 0 Å². The Kier molecular flexibility index (Phi) is 6.10. The van der Waals surface area contributed by atoms with Gasteiger partial charge in [0.15, 0.2) is 5.82 Å². The van der Waals surface area contributed by atoms with Gasteiger partial charge in [0.1, 0.15) is 6.10 Å². The van der Waals surface area contributed by atoms with Crippen LogP contribution < -0.4 is 4.90 Å². The van der Waals surface area contributed by atoms with Gasteiger partial charge in [-0.1, -0.05) is 55.8 Å². The molecule has 1 aliphatic rings. The van der Waals surface area contributed by atoms with Crippen LogP contribution in [0.4, 0.5) is 5.69 Å². The van der Waals surface area contributed by atoms with E-state index in [-0.39, 0.29) is 11.5 Å². The van der Waals surface area contributed by atoms with Crippen LogP contribution in [0.25, 0.3) is 0 Å². The van der Waals surface area contributed by atoms with E-state index in [9.17, 15) is 0 Å². The molecule has 4 rings (SSSR count). The monoisotopic (exact) mass is 415 g/mol. The van der Waals surface area contributed by atoms with Gasteiger partial charge in [-0.05, 0) is 56.0 Å². The first kappa shape index (κ1) is 21.5. The predicted octanol–water partition coefficient (Wildman–Crippen LogP) is 5.77. The molecule has 1 atom stereocenters. The van der Waals surface area contributed by atoms with Gasteiger partial charge < -0.3 is 9.64 Å². The van der Waals surface area contributed by atoms with Crippen molar-refractivity contribution in [1.82, 2.24) is 9.97 Å². The zero-order valence-corrected chi connectivity index (χ0v) is 19.4. The van der Waals surface area contributed by atoms with Gasteiger partial charge in [0.2, 0.25) is 0 Å². The third kappa shape index (κ3) is 4.49. The number of aryl methyl sites for hydroxylation is 1. The summed E-state index contributed by atoms with van der Waals surface area (Å²) in [4.78, 5) is 11.8. The van der Waals surface area contributed by atoms with Crippen LogP contribution in [0, 0.1) is 6.92 Å². The lowest BCUT2D eigenvalue weighted by Crippen LogP contribution is -2.31. The van der Waals surface area contributed by atoms with E-state index in [4.69, 9.17) is 9.72 Å². The van der Waals surface area contributed by atoms with E-state index in [2.05, 4.69) is 79.2 Å².